The monoisotopic (exact) mass is 144 g/mol. The van der Waals surface area contributed by atoms with Crippen molar-refractivity contribution in [3.05, 3.63) is 0 Å². The average Bonchev–Trinajstić information content (AvgIpc) is 1.82. The minimum atomic E-state index is -1.30. The van der Waals surface area contributed by atoms with Gasteiger partial charge in [0.05, 0.1) is 6.54 Å². The number of hydrogen-bond donors (Lipinski definition) is 2. The van der Waals surface area contributed by atoms with Gasteiger partial charge < -0.3 is 10.8 Å². The number of Topliss-reactive ketones (excluding diaryl/α,β-unsaturated/α-hetero) is 1. The lowest BCUT2D eigenvalue weighted by atomic mass is 10.4. The Balaban J connectivity index is 3.92. The number of ketones is 1. The van der Waals surface area contributed by atoms with E-state index >= 15 is 0 Å². The third kappa shape index (κ3) is 3.59. The number of carboxylic acids is 1. The van der Waals surface area contributed by atoms with Gasteiger partial charge in [0.1, 0.15) is 0 Å². The molecule has 0 aromatic carbocycles. The molecule has 0 unspecified atom stereocenters. The van der Waals surface area contributed by atoms with Gasteiger partial charge in [-0.25, -0.2) is 4.79 Å². The van der Waals surface area contributed by atoms with Crippen LogP contribution in [0.15, 0.2) is 4.99 Å². The minimum absolute atomic E-state index is 0.169. The Morgan fingerprint density at radius 1 is 1.60 bits per heavy atom. The van der Waals surface area contributed by atoms with E-state index in [1.54, 1.807) is 0 Å². The summed E-state index contributed by atoms with van der Waals surface area (Å²) in [7, 11) is 0. The summed E-state index contributed by atoms with van der Waals surface area (Å²) >= 11 is 0. The fourth-order valence-corrected chi connectivity index (χ4v) is 0.264. The Morgan fingerprint density at radius 3 is 2.40 bits per heavy atom. The number of aliphatic carboxylic acids is 1. The Bertz CT molecular complexity index is 185. The van der Waals surface area contributed by atoms with Crippen molar-refractivity contribution in [1.29, 1.82) is 0 Å². The van der Waals surface area contributed by atoms with Crippen molar-refractivity contribution in [2.75, 3.05) is 6.54 Å². The average molecular weight is 144 g/mol. The first-order valence-corrected chi connectivity index (χ1v) is 2.56. The van der Waals surface area contributed by atoms with Crippen LogP contribution >= 0.6 is 0 Å². The summed E-state index contributed by atoms with van der Waals surface area (Å²) in [6.45, 7) is 1.14. The molecule has 3 N–H and O–H groups in total. The molecule has 0 radical (unpaired) electrons. The van der Waals surface area contributed by atoms with Crippen LogP contribution in [0.3, 0.4) is 0 Å². The molecule has 56 valence electrons. The van der Waals surface area contributed by atoms with Gasteiger partial charge in [0, 0.05) is 0 Å². The summed E-state index contributed by atoms with van der Waals surface area (Å²) in [5.41, 5.74) is 4.86. The molecule has 5 nitrogen and oxygen atoms in total. The first-order valence-electron chi connectivity index (χ1n) is 2.56. The molecule has 5 heteroatoms. The van der Waals surface area contributed by atoms with E-state index in [-0.39, 0.29) is 12.3 Å². The topological polar surface area (TPSA) is 92.8 Å². The molecule has 10 heavy (non-hydrogen) atoms. The van der Waals surface area contributed by atoms with E-state index in [1.165, 1.54) is 6.92 Å². The molecule has 0 spiro atoms. The van der Waals surface area contributed by atoms with Gasteiger partial charge in [-0.3, -0.25) is 9.79 Å². The normalized spacial score (nSPS) is 11.1. The van der Waals surface area contributed by atoms with Crippen molar-refractivity contribution in [3.8, 4) is 0 Å². The second-order valence-electron chi connectivity index (χ2n) is 1.71. The second kappa shape index (κ2) is 3.60. The lowest BCUT2D eigenvalue weighted by molar-refractivity contribution is -0.129. The van der Waals surface area contributed by atoms with Crippen LogP contribution in [-0.4, -0.2) is 29.2 Å². The highest BCUT2D eigenvalue weighted by Gasteiger charge is 2.01. The lowest BCUT2D eigenvalue weighted by Gasteiger charge is -1.89. The van der Waals surface area contributed by atoms with Gasteiger partial charge in [-0.15, -0.1) is 0 Å². The second-order valence-corrected chi connectivity index (χ2v) is 1.71. The number of aliphatic imine (C=N–C) groups is 1. The maximum Gasteiger partial charge on any atom is 0.370 e. The fourth-order valence-electron chi connectivity index (χ4n) is 0.264. The Labute approximate surface area is 57.6 Å². The largest absolute Gasteiger partial charge is 0.475 e. The van der Waals surface area contributed by atoms with Crippen LogP contribution < -0.4 is 5.73 Å². The minimum Gasteiger partial charge on any atom is -0.475 e. The maximum absolute atomic E-state index is 10.2. The standard InChI is InChI=1S/C5H8N2O3/c1-3(8)2-7-4(6)5(9)10/h2H2,1H3,(H2,6,7)(H,9,10). The van der Waals surface area contributed by atoms with E-state index in [4.69, 9.17) is 10.8 Å². The van der Waals surface area contributed by atoms with Crippen molar-refractivity contribution < 1.29 is 14.7 Å². The van der Waals surface area contributed by atoms with Gasteiger partial charge in [0.15, 0.2) is 5.78 Å². The van der Waals surface area contributed by atoms with Crippen LogP contribution in [0.1, 0.15) is 6.92 Å². The lowest BCUT2D eigenvalue weighted by Crippen LogP contribution is -2.24. The fraction of sp³-hybridized carbons (Fsp3) is 0.400. The number of carbonyl (C=O) groups is 2. The molecule has 0 saturated carbocycles. The summed E-state index contributed by atoms with van der Waals surface area (Å²) in [6, 6.07) is 0. The highest BCUT2D eigenvalue weighted by molar-refractivity contribution is 6.33. The van der Waals surface area contributed by atoms with Crippen LogP contribution in [0.4, 0.5) is 0 Å². The zero-order valence-corrected chi connectivity index (χ0v) is 5.50. The maximum atomic E-state index is 10.2. The van der Waals surface area contributed by atoms with Gasteiger partial charge in [0.25, 0.3) is 0 Å². The smallest absolute Gasteiger partial charge is 0.370 e. The molecular weight excluding hydrogens is 136 g/mol. The number of hydrogen-bond acceptors (Lipinski definition) is 3. The molecular formula is C5H8N2O3. The summed E-state index contributed by atoms with van der Waals surface area (Å²) in [5.74, 6) is -2.05. The van der Waals surface area contributed by atoms with E-state index in [9.17, 15) is 9.59 Å². The molecule has 0 aromatic heterocycles. The van der Waals surface area contributed by atoms with E-state index in [0.717, 1.165) is 0 Å². The highest BCUT2D eigenvalue weighted by Crippen LogP contribution is 1.74. The van der Waals surface area contributed by atoms with Crippen molar-refractivity contribution >= 4 is 17.6 Å². The molecule has 0 aliphatic rings. The van der Waals surface area contributed by atoms with Crippen molar-refractivity contribution in [2.24, 2.45) is 10.7 Å². The molecule has 0 amide bonds. The van der Waals surface area contributed by atoms with E-state index in [1.807, 2.05) is 0 Å². The van der Waals surface area contributed by atoms with E-state index in [0.29, 0.717) is 0 Å². The van der Waals surface area contributed by atoms with Crippen LogP contribution in [-0.2, 0) is 9.59 Å². The Kier molecular flexibility index (Phi) is 3.10. The van der Waals surface area contributed by atoms with Crippen LogP contribution in [0, 0.1) is 0 Å². The molecule has 0 atom stereocenters. The van der Waals surface area contributed by atoms with Gasteiger partial charge >= 0.3 is 5.97 Å². The van der Waals surface area contributed by atoms with Gasteiger partial charge in [-0.1, -0.05) is 0 Å². The van der Waals surface area contributed by atoms with E-state index in [2.05, 4.69) is 4.99 Å². The summed E-state index contributed by atoms with van der Waals surface area (Å²) < 4.78 is 0. The quantitative estimate of drug-likeness (QED) is 0.384. The van der Waals surface area contributed by atoms with Crippen LogP contribution in [0.2, 0.25) is 0 Å². The molecule has 0 saturated heterocycles. The van der Waals surface area contributed by atoms with Crippen LogP contribution in [0.5, 0.6) is 0 Å². The van der Waals surface area contributed by atoms with Gasteiger partial charge in [0.2, 0.25) is 5.84 Å². The summed E-state index contributed by atoms with van der Waals surface area (Å²) in [5, 5.41) is 8.13. The third-order valence-electron chi connectivity index (χ3n) is 0.691. The molecule has 0 bridgehead atoms. The van der Waals surface area contributed by atoms with Crippen molar-refractivity contribution in [2.45, 2.75) is 6.92 Å². The number of nitrogens with two attached hydrogens (primary N) is 1. The molecule has 0 aliphatic carbocycles. The van der Waals surface area contributed by atoms with Gasteiger partial charge in [-0.05, 0) is 6.92 Å². The number of amidine groups is 1. The summed E-state index contributed by atoms with van der Waals surface area (Å²) in [4.78, 5) is 23.4. The van der Waals surface area contributed by atoms with E-state index < -0.39 is 11.8 Å². The molecule has 0 fully saturated rings. The molecule has 0 aromatic rings. The zero-order chi connectivity index (χ0) is 8.15. The van der Waals surface area contributed by atoms with Crippen molar-refractivity contribution in [3.63, 3.8) is 0 Å². The first kappa shape index (κ1) is 8.61. The van der Waals surface area contributed by atoms with Crippen LogP contribution in [0.25, 0.3) is 0 Å². The predicted octanol–water partition coefficient (Wildman–Crippen LogP) is -0.983. The van der Waals surface area contributed by atoms with Crippen molar-refractivity contribution in [1.82, 2.24) is 0 Å². The number of rotatable bonds is 2. The number of nitrogens with zero attached hydrogens (tertiary/aromatic N) is 1. The number of carbonyl (C=O) groups excluding carboxylic acids is 1. The Morgan fingerprint density at radius 2 is 2.10 bits per heavy atom. The Hall–Kier alpha value is -1.39. The summed E-state index contributed by atoms with van der Waals surface area (Å²) in [6.07, 6.45) is 0. The SMILES string of the molecule is CC(=O)CN=C(N)C(=O)O. The highest BCUT2D eigenvalue weighted by atomic mass is 16.4. The predicted molar refractivity (Wildman–Crippen MR) is 34.8 cm³/mol. The zero-order valence-electron chi connectivity index (χ0n) is 5.50. The third-order valence-corrected chi connectivity index (χ3v) is 0.691. The first-order chi connectivity index (χ1) is 4.54. The molecule has 0 rings (SSSR count). The molecule has 0 aliphatic heterocycles. The number of carboxylic acid groups (broad SMARTS) is 1. The molecule has 0 heterocycles. The van der Waals surface area contributed by atoms with Gasteiger partial charge in [-0.2, -0.15) is 0 Å².